The predicted molar refractivity (Wildman–Crippen MR) is 58.1 cm³/mol. The average molecular weight is 186 g/mol. The smallest absolute Gasteiger partial charge is 0.128 e. The SMILES string of the molecule is C=Cc1ccc(N2CC3CC3C2)nc1. The number of rotatable bonds is 2. The van der Waals surface area contributed by atoms with Crippen LogP contribution in [0.25, 0.3) is 6.08 Å². The van der Waals surface area contributed by atoms with Crippen LogP contribution in [-0.2, 0) is 0 Å². The number of aromatic nitrogens is 1. The van der Waals surface area contributed by atoms with Gasteiger partial charge in [0.2, 0.25) is 0 Å². The first-order valence-electron chi connectivity index (χ1n) is 5.20. The van der Waals surface area contributed by atoms with Crippen LogP contribution >= 0.6 is 0 Å². The zero-order valence-corrected chi connectivity index (χ0v) is 8.19. The highest BCUT2D eigenvalue weighted by Crippen LogP contribution is 2.45. The van der Waals surface area contributed by atoms with E-state index in [0.717, 1.165) is 23.2 Å². The Morgan fingerprint density at radius 1 is 1.36 bits per heavy atom. The number of fused-ring (bicyclic) bond motifs is 1. The van der Waals surface area contributed by atoms with Crippen LogP contribution in [0.15, 0.2) is 24.9 Å². The highest BCUT2D eigenvalue weighted by atomic mass is 15.2. The summed E-state index contributed by atoms with van der Waals surface area (Å²) < 4.78 is 0. The lowest BCUT2D eigenvalue weighted by Gasteiger charge is -2.18. The number of hydrogen-bond donors (Lipinski definition) is 0. The number of pyridine rings is 1. The van der Waals surface area contributed by atoms with Gasteiger partial charge in [0.15, 0.2) is 0 Å². The molecule has 2 nitrogen and oxygen atoms in total. The molecular formula is C12H14N2. The minimum absolute atomic E-state index is 0.968. The third-order valence-electron chi connectivity index (χ3n) is 3.31. The summed E-state index contributed by atoms with van der Waals surface area (Å²) in [6.45, 7) is 6.15. The van der Waals surface area contributed by atoms with Crippen molar-refractivity contribution in [1.82, 2.24) is 4.98 Å². The molecule has 0 spiro atoms. The Hall–Kier alpha value is -1.31. The van der Waals surface area contributed by atoms with Crippen LogP contribution in [0.1, 0.15) is 12.0 Å². The minimum atomic E-state index is 0.968. The Morgan fingerprint density at radius 3 is 2.71 bits per heavy atom. The Kier molecular flexibility index (Phi) is 1.63. The van der Waals surface area contributed by atoms with Gasteiger partial charge in [-0.25, -0.2) is 4.98 Å². The fourth-order valence-electron chi connectivity index (χ4n) is 2.29. The Labute approximate surface area is 84.3 Å². The van der Waals surface area contributed by atoms with E-state index in [4.69, 9.17) is 0 Å². The van der Waals surface area contributed by atoms with Crippen molar-refractivity contribution in [2.75, 3.05) is 18.0 Å². The maximum absolute atomic E-state index is 4.44. The van der Waals surface area contributed by atoms with Gasteiger partial charge in [0.1, 0.15) is 5.82 Å². The summed E-state index contributed by atoms with van der Waals surface area (Å²) in [5, 5.41) is 0. The molecule has 2 heteroatoms. The van der Waals surface area contributed by atoms with Gasteiger partial charge >= 0.3 is 0 Å². The van der Waals surface area contributed by atoms with Gasteiger partial charge in [0, 0.05) is 19.3 Å². The van der Waals surface area contributed by atoms with Crippen molar-refractivity contribution in [1.29, 1.82) is 0 Å². The molecule has 2 heterocycles. The first-order valence-corrected chi connectivity index (χ1v) is 5.20. The molecule has 0 bridgehead atoms. The maximum atomic E-state index is 4.44. The predicted octanol–water partition coefficient (Wildman–Crippen LogP) is 2.18. The van der Waals surface area contributed by atoms with Crippen LogP contribution in [0, 0.1) is 11.8 Å². The normalized spacial score (nSPS) is 28.7. The monoisotopic (exact) mass is 186 g/mol. The molecule has 2 unspecified atom stereocenters. The Balaban J connectivity index is 1.79. The third-order valence-corrected chi connectivity index (χ3v) is 3.31. The van der Waals surface area contributed by atoms with E-state index in [0.29, 0.717) is 0 Å². The van der Waals surface area contributed by atoms with Gasteiger partial charge < -0.3 is 4.90 Å². The van der Waals surface area contributed by atoms with Crippen molar-refractivity contribution in [3.05, 3.63) is 30.5 Å². The lowest BCUT2D eigenvalue weighted by molar-refractivity contribution is 0.805. The molecule has 1 saturated carbocycles. The molecule has 1 aliphatic carbocycles. The molecule has 1 aromatic rings. The molecule has 0 amide bonds. The number of piperidine rings is 1. The van der Waals surface area contributed by atoms with Crippen molar-refractivity contribution in [3.8, 4) is 0 Å². The van der Waals surface area contributed by atoms with Crippen molar-refractivity contribution in [2.24, 2.45) is 11.8 Å². The zero-order valence-electron chi connectivity index (χ0n) is 8.19. The second kappa shape index (κ2) is 2.84. The van der Waals surface area contributed by atoms with Crippen molar-refractivity contribution < 1.29 is 0 Å². The topological polar surface area (TPSA) is 16.1 Å². The zero-order chi connectivity index (χ0) is 9.54. The fraction of sp³-hybridized carbons (Fsp3) is 0.417. The van der Waals surface area contributed by atoms with Crippen LogP contribution < -0.4 is 4.90 Å². The number of nitrogens with zero attached hydrogens (tertiary/aromatic N) is 2. The summed E-state index contributed by atoms with van der Waals surface area (Å²) in [6.07, 6.45) is 5.17. The van der Waals surface area contributed by atoms with E-state index in [1.807, 2.05) is 12.3 Å². The van der Waals surface area contributed by atoms with E-state index >= 15 is 0 Å². The van der Waals surface area contributed by atoms with Crippen molar-refractivity contribution in [3.63, 3.8) is 0 Å². The van der Waals surface area contributed by atoms with Crippen LogP contribution in [0.5, 0.6) is 0 Å². The van der Waals surface area contributed by atoms with Crippen LogP contribution in [0.3, 0.4) is 0 Å². The molecule has 0 N–H and O–H groups in total. The maximum Gasteiger partial charge on any atom is 0.128 e. The summed E-state index contributed by atoms with van der Waals surface area (Å²) in [5.74, 6) is 3.06. The summed E-state index contributed by atoms with van der Waals surface area (Å²) in [6, 6.07) is 4.18. The molecule has 0 radical (unpaired) electrons. The van der Waals surface area contributed by atoms with Gasteiger partial charge in [0.25, 0.3) is 0 Å². The van der Waals surface area contributed by atoms with Crippen molar-refractivity contribution in [2.45, 2.75) is 6.42 Å². The Bertz CT molecular complexity index is 345. The fourth-order valence-corrected chi connectivity index (χ4v) is 2.29. The summed E-state index contributed by atoms with van der Waals surface area (Å²) >= 11 is 0. The second-order valence-corrected chi connectivity index (χ2v) is 4.31. The highest BCUT2D eigenvalue weighted by Gasteiger charge is 2.45. The summed E-state index contributed by atoms with van der Waals surface area (Å²) in [7, 11) is 0. The lowest BCUT2D eigenvalue weighted by atomic mass is 10.3. The van der Waals surface area contributed by atoms with Crippen molar-refractivity contribution >= 4 is 11.9 Å². The molecule has 3 rings (SSSR count). The van der Waals surface area contributed by atoms with E-state index in [1.54, 1.807) is 0 Å². The summed E-state index contributed by atoms with van der Waals surface area (Å²) in [5.41, 5.74) is 1.10. The van der Waals surface area contributed by atoms with E-state index in [1.165, 1.54) is 19.5 Å². The molecule has 0 aromatic carbocycles. The average Bonchev–Trinajstić information content (AvgIpc) is 2.86. The molecule has 2 aliphatic rings. The van der Waals surface area contributed by atoms with Gasteiger partial charge in [-0.15, -0.1) is 0 Å². The van der Waals surface area contributed by atoms with Crippen LogP contribution in [0.2, 0.25) is 0 Å². The molecule has 1 aliphatic heterocycles. The first kappa shape index (κ1) is 8.04. The quantitative estimate of drug-likeness (QED) is 0.703. The van der Waals surface area contributed by atoms with Gasteiger partial charge in [-0.05, 0) is 36.0 Å². The summed E-state index contributed by atoms with van der Waals surface area (Å²) in [4.78, 5) is 6.84. The van der Waals surface area contributed by atoms with E-state index in [-0.39, 0.29) is 0 Å². The molecular weight excluding hydrogens is 172 g/mol. The van der Waals surface area contributed by atoms with E-state index < -0.39 is 0 Å². The van der Waals surface area contributed by atoms with Gasteiger partial charge in [-0.3, -0.25) is 0 Å². The number of anilines is 1. The lowest BCUT2D eigenvalue weighted by Crippen LogP contribution is -2.22. The van der Waals surface area contributed by atoms with Crippen LogP contribution in [-0.4, -0.2) is 18.1 Å². The highest BCUT2D eigenvalue weighted by molar-refractivity contribution is 5.50. The minimum Gasteiger partial charge on any atom is -0.356 e. The second-order valence-electron chi connectivity index (χ2n) is 4.31. The number of hydrogen-bond acceptors (Lipinski definition) is 2. The molecule has 2 fully saturated rings. The first-order chi connectivity index (χ1) is 6.86. The van der Waals surface area contributed by atoms with Gasteiger partial charge in [-0.2, -0.15) is 0 Å². The largest absolute Gasteiger partial charge is 0.356 e. The third kappa shape index (κ3) is 1.22. The van der Waals surface area contributed by atoms with Gasteiger partial charge in [0.05, 0.1) is 0 Å². The van der Waals surface area contributed by atoms with Gasteiger partial charge in [-0.1, -0.05) is 12.7 Å². The van der Waals surface area contributed by atoms with E-state index in [9.17, 15) is 0 Å². The Morgan fingerprint density at radius 2 is 2.14 bits per heavy atom. The molecule has 2 atom stereocenters. The molecule has 72 valence electrons. The van der Waals surface area contributed by atoms with Crippen LogP contribution in [0.4, 0.5) is 5.82 Å². The molecule has 14 heavy (non-hydrogen) atoms. The molecule has 1 saturated heterocycles. The molecule has 1 aromatic heterocycles. The van der Waals surface area contributed by atoms with E-state index in [2.05, 4.69) is 28.6 Å². The standard InChI is InChI=1S/C12H14N2/c1-2-9-3-4-12(13-6-9)14-7-10-5-11(10)8-14/h2-4,6,10-11H,1,5,7-8H2.